The monoisotopic (exact) mass is 576 g/mol. The lowest BCUT2D eigenvalue weighted by atomic mass is 10.1. The molecule has 3 aromatic carbocycles. The van der Waals surface area contributed by atoms with Crippen molar-refractivity contribution in [3.63, 3.8) is 0 Å². The maximum atomic E-state index is 13.6. The van der Waals surface area contributed by atoms with Crippen LogP contribution in [0.2, 0.25) is 0 Å². The number of sulfonamides is 1. The highest BCUT2D eigenvalue weighted by atomic mass is 32.2. The molecule has 1 amide bonds. The number of hydrogen-bond donors (Lipinski definition) is 0. The number of hydrogen-bond acceptors (Lipinski definition) is 7. The zero-order valence-electron chi connectivity index (χ0n) is 23.2. The fourth-order valence-corrected chi connectivity index (χ4v) is 6.71. The topological polar surface area (TPSA) is 110 Å². The molecule has 1 fully saturated rings. The molecule has 214 valence electrons. The van der Waals surface area contributed by atoms with Crippen LogP contribution in [-0.2, 0) is 26.1 Å². The Morgan fingerprint density at radius 3 is 2.37 bits per heavy atom. The van der Waals surface area contributed by atoms with Crippen molar-refractivity contribution in [1.82, 2.24) is 4.31 Å². The molecule has 0 aliphatic carbocycles. The molecular weight excluding hydrogens is 544 g/mol. The van der Waals surface area contributed by atoms with Gasteiger partial charge >= 0.3 is 5.97 Å². The summed E-state index contributed by atoms with van der Waals surface area (Å²) in [5, 5.41) is 0. The fourth-order valence-electron chi connectivity index (χ4n) is 5.00. The lowest BCUT2D eigenvalue weighted by molar-refractivity contribution is -0.114. The highest BCUT2D eigenvalue weighted by Gasteiger charge is 2.40. The molecule has 0 spiro atoms. The molecule has 0 bridgehead atoms. The van der Waals surface area contributed by atoms with Gasteiger partial charge in [0.15, 0.2) is 0 Å². The van der Waals surface area contributed by atoms with Crippen LogP contribution < -0.4 is 9.64 Å². The van der Waals surface area contributed by atoms with Gasteiger partial charge in [-0.05, 0) is 81.6 Å². The highest BCUT2D eigenvalue weighted by Crippen LogP contribution is 2.34. The molecule has 41 heavy (non-hydrogen) atoms. The predicted molar refractivity (Wildman–Crippen MR) is 152 cm³/mol. The standard InChI is InChI=1S/C31H32N2O7S/c1-31(2,3)40-30(36)22-13-11-21(12-14-22)19-32-27-16-15-25(18-26(27)28(34)29(32)35)41(37,38)33-17-7-8-23(33)20-39-24-9-5-4-6-10-24/h4-6,9-16,18,23H,7-8,17,19-20H2,1-3H3. The van der Waals surface area contributed by atoms with Crippen LogP contribution in [0.5, 0.6) is 5.75 Å². The molecule has 1 atom stereocenters. The van der Waals surface area contributed by atoms with Crippen molar-refractivity contribution in [1.29, 1.82) is 0 Å². The summed E-state index contributed by atoms with van der Waals surface area (Å²) in [5.74, 6) is -1.28. The smallest absolute Gasteiger partial charge is 0.338 e. The van der Waals surface area contributed by atoms with Crippen molar-refractivity contribution in [2.24, 2.45) is 0 Å². The number of fused-ring (bicyclic) bond motifs is 1. The van der Waals surface area contributed by atoms with Gasteiger partial charge in [0.2, 0.25) is 10.0 Å². The Labute approximate surface area is 239 Å². The van der Waals surface area contributed by atoms with Crippen LogP contribution in [0.1, 0.15) is 59.9 Å². The number of amides is 1. The molecule has 2 aliphatic rings. The maximum Gasteiger partial charge on any atom is 0.338 e. The van der Waals surface area contributed by atoms with Crippen LogP contribution >= 0.6 is 0 Å². The molecule has 2 aliphatic heterocycles. The minimum Gasteiger partial charge on any atom is -0.492 e. The van der Waals surface area contributed by atoms with Crippen molar-refractivity contribution in [3.8, 4) is 5.75 Å². The van der Waals surface area contributed by atoms with E-state index < -0.39 is 33.3 Å². The van der Waals surface area contributed by atoms with E-state index >= 15 is 0 Å². The summed E-state index contributed by atoms with van der Waals surface area (Å²) in [4.78, 5) is 39.4. The zero-order valence-corrected chi connectivity index (χ0v) is 24.0. The molecule has 0 N–H and O–H groups in total. The fraction of sp³-hybridized carbons (Fsp3) is 0.323. The number of carbonyl (C=O) groups excluding carboxylic acids is 3. The number of esters is 1. The molecular formula is C31H32N2O7S. The second-order valence-electron chi connectivity index (χ2n) is 11.1. The maximum absolute atomic E-state index is 13.6. The number of ketones is 1. The lowest BCUT2D eigenvalue weighted by Gasteiger charge is -2.24. The third-order valence-corrected chi connectivity index (χ3v) is 8.94. The normalized spacial score (nSPS) is 17.5. The molecule has 0 radical (unpaired) electrons. The summed E-state index contributed by atoms with van der Waals surface area (Å²) in [6.07, 6.45) is 1.36. The third kappa shape index (κ3) is 6.03. The van der Waals surface area contributed by atoms with Gasteiger partial charge in [-0.2, -0.15) is 4.31 Å². The van der Waals surface area contributed by atoms with Crippen LogP contribution in [-0.4, -0.2) is 55.2 Å². The van der Waals surface area contributed by atoms with Gasteiger partial charge in [0, 0.05) is 6.54 Å². The summed E-state index contributed by atoms with van der Waals surface area (Å²) in [5.41, 5.74) is 0.844. The summed E-state index contributed by atoms with van der Waals surface area (Å²) >= 11 is 0. The Balaban J connectivity index is 1.32. The van der Waals surface area contributed by atoms with Gasteiger partial charge in [0.1, 0.15) is 18.0 Å². The van der Waals surface area contributed by atoms with E-state index in [1.807, 2.05) is 30.3 Å². The SMILES string of the molecule is CC(C)(C)OC(=O)c1ccc(CN2C(=O)C(=O)c3cc(S(=O)(=O)N4CCCC4COc4ccccc4)ccc32)cc1. The van der Waals surface area contributed by atoms with Crippen molar-refractivity contribution in [2.45, 2.75) is 56.7 Å². The van der Waals surface area contributed by atoms with Crippen LogP contribution in [0.4, 0.5) is 5.69 Å². The Morgan fingerprint density at radius 2 is 1.68 bits per heavy atom. The number of ether oxygens (including phenoxy) is 2. The number of Topliss-reactive ketones (excluding diaryl/α,β-unsaturated/α-hetero) is 1. The second-order valence-corrected chi connectivity index (χ2v) is 13.0. The van der Waals surface area contributed by atoms with E-state index in [0.29, 0.717) is 42.0 Å². The van der Waals surface area contributed by atoms with Gasteiger partial charge in [-0.3, -0.25) is 9.59 Å². The molecule has 10 heteroatoms. The van der Waals surface area contributed by atoms with E-state index in [1.165, 1.54) is 27.4 Å². The van der Waals surface area contributed by atoms with E-state index in [1.54, 1.807) is 45.0 Å². The molecule has 2 heterocycles. The molecule has 3 aromatic rings. The number of para-hydroxylation sites is 1. The summed E-state index contributed by atoms with van der Waals surface area (Å²) in [6, 6.07) is 19.7. The van der Waals surface area contributed by atoms with E-state index in [9.17, 15) is 22.8 Å². The third-order valence-electron chi connectivity index (χ3n) is 6.99. The van der Waals surface area contributed by atoms with Gasteiger partial charge in [-0.1, -0.05) is 30.3 Å². The minimum atomic E-state index is -3.93. The van der Waals surface area contributed by atoms with Gasteiger partial charge in [0.05, 0.1) is 34.3 Å². The first kappa shape index (κ1) is 28.5. The van der Waals surface area contributed by atoms with E-state index in [4.69, 9.17) is 9.47 Å². The Hall–Kier alpha value is -4.02. The summed E-state index contributed by atoms with van der Waals surface area (Å²) < 4.78 is 39.9. The molecule has 0 aromatic heterocycles. The van der Waals surface area contributed by atoms with Crippen molar-refractivity contribution in [2.75, 3.05) is 18.1 Å². The first-order valence-electron chi connectivity index (χ1n) is 13.5. The molecule has 9 nitrogen and oxygen atoms in total. The van der Waals surface area contributed by atoms with Gasteiger partial charge < -0.3 is 14.4 Å². The Kier molecular flexibility index (Phi) is 7.72. The Bertz CT molecular complexity index is 1580. The highest BCUT2D eigenvalue weighted by molar-refractivity contribution is 7.89. The average Bonchev–Trinajstić information content (AvgIpc) is 3.51. The van der Waals surface area contributed by atoms with Crippen LogP contribution in [0.3, 0.4) is 0 Å². The molecule has 5 rings (SSSR count). The number of anilines is 1. The van der Waals surface area contributed by atoms with Gasteiger partial charge in [0.25, 0.3) is 11.7 Å². The number of benzene rings is 3. The quantitative estimate of drug-likeness (QED) is 0.285. The van der Waals surface area contributed by atoms with Crippen molar-refractivity contribution in [3.05, 3.63) is 89.5 Å². The van der Waals surface area contributed by atoms with Crippen molar-refractivity contribution >= 4 is 33.4 Å². The molecule has 0 saturated carbocycles. The van der Waals surface area contributed by atoms with Crippen LogP contribution in [0.15, 0.2) is 77.7 Å². The van der Waals surface area contributed by atoms with Crippen molar-refractivity contribution < 1.29 is 32.3 Å². The second kappa shape index (κ2) is 11.1. The minimum absolute atomic E-state index is 0.0347. The Morgan fingerprint density at radius 1 is 0.976 bits per heavy atom. The number of nitrogens with zero attached hydrogens (tertiary/aromatic N) is 2. The summed E-state index contributed by atoms with van der Waals surface area (Å²) in [6.45, 7) is 6.00. The first-order chi connectivity index (χ1) is 19.4. The number of rotatable bonds is 8. The molecule has 1 unspecified atom stereocenters. The number of carbonyl (C=O) groups is 3. The zero-order chi connectivity index (χ0) is 29.4. The summed E-state index contributed by atoms with van der Waals surface area (Å²) in [7, 11) is -3.93. The van der Waals surface area contributed by atoms with Crippen LogP contribution in [0, 0.1) is 0 Å². The molecule has 1 saturated heterocycles. The lowest BCUT2D eigenvalue weighted by Crippen LogP contribution is -2.39. The van der Waals surface area contributed by atoms with Crippen LogP contribution in [0.25, 0.3) is 0 Å². The van der Waals surface area contributed by atoms with Gasteiger partial charge in [-0.25, -0.2) is 13.2 Å². The predicted octanol–water partition coefficient (Wildman–Crippen LogP) is 4.60. The van der Waals surface area contributed by atoms with Gasteiger partial charge in [-0.15, -0.1) is 0 Å². The van der Waals surface area contributed by atoms with E-state index in [2.05, 4.69) is 0 Å². The van der Waals surface area contributed by atoms with E-state index in [-0.39, 0.29) is 29.7 Å². The first-order valence-corrected chi connectivity index (χ1v) is 14.9. The largest absolute Gasteiger partial charge is 0.492 e. The van der Waals surface area contributed by atoms with E-state index in [0.717, 1.165) is 0 Å². The average molecular weight is 577 g/mol.